The van der Waals surface area contributed by atoms with Crippen LogP contribution in [0.2, 0.25) is 0 Å². The molecule has 2 heterocycles. The molecule has 1 amide bonds. The molecule has 3 aromatic carbocycles. The monoisotopic (exact) mass is 602 g/mol. The first-order chi connectivity index (χ1) is 21.3. The molecule has 1 aliphatic rings. The van der Waals surface area contributed by atoms with E-state index in [4.69, 9.17) is 14.2 Å². The van der Waals surface area contributed by atoms with E-state index in [0.717, 1.165) is 42.4 Å². The number of likely N-dealkylation sites (N-methyl/N-ethyl adjacent to an activating group) is 1. The van der Waals surface area contributed by atoms with E-state index in [1.54, 1.807) is 36.2 Å². The van der Waals surface area contributed by atoms with Crippen LogP contribution in [0.25, 0.3) is 11.0 Å². The Morgan fingerprint density at radius 2 is 1.73 bits per heavy atom. The molecule has 232 valence electrons. The number of ketones is 1. The Labute approximate surface area is 256 Å². The van der Waals surface area contributed by atoms with Crippen LogP contribution < -0.4 is 14.2 Å². The SMILES string of the molecule is COc1cc(C(=O)N(C)CC(CCN2CCCCC2C(=O)c2nc3ccccc3[nH]2)c2ccc(F)cc2)cc(OC)c1OC. The first kappa shape index (κ1) is 31.0. The number of ether oxygens (including phenoxy) is 3. The van der Waals surface area contributed by atoms with Gasteiger partial charge in [-0.05, 0) is 74.3 Å². The highest BCUT2D eigenvalue weighted by Crippen LogP contribution is 2.38. The summed E-state index contributed by atoms with van der Waals surface area (Å²) in [4.78, 5) is 38.9. The fourth-order valence-corrected chi connectivity index (χ4v) is 6.04. The predicted octanol–water partition coefficient (Wildman–Crippen LogP) is 5.71. The van der Waals surface area contributed by atoms with E-state index < -0.39 is 0 Å². The quantitative estimate of drug-likeness (QED) is 0.208. The number of Topliss-reactive ketones (excluding diaryl/α,β-unsaturated/α-hetero) is 1. The lowest BCUT2D eigenvalue weighted by atomic mass is 9.92. The van der Waals surface area contributed by atoms with Crippen LogP contribution in [0.5, 0.6) is 17.2 Å². The second-order valence-electron chi connectivity index (χ2n) is 11.2. The third kappa shape index (κ3) is 6.70. The summed E-state index contributed by atoms with van der Waals surface area (Å²) in [6.45, 7) is 1.83. The number of likely N-dealkylation sites (tertiary alicyclic amines) is 1. The molecule has 1 fully saturated rings. The smallest absolute Gasteiger partial charge is 0.253 e. The van der Waals surface area contributed by atoms with Crippen molar-refractivity contribution in [2.24, 2.45) is 0 Å². The van der Waals surface area contributed by atoms with Crippen molar-refractivity contribution in [3.05, 3.63) is 83.4 Å². The zero-order chi connectivity index (χ0) is 31.2. The number of imidazole rings is 1. The first-order valence-electron chi connectivity index (χ1n) is 14.9. The molecule has 44 heavy (non-hydrogen) atoms. The van der Waals surface area contributed by atoms with Gasteiger partial charge in [-0.25, -0.2) is 9.37 Å². The number of amides is 1. The molecule has 0 spiro atoms. The molecule has 0 saturated carbocycles. The molecule has 1 aromatic heterocycles. The Morgan fingerprint density at radius 3 is 2.39 bits per heavy atom. The number of nitrogens with one attached hydrogen (secondary N) is 1. The van der Waals surface area contributed by atoms with Crippen LogP contribution in [0, 0.1) is 5.82 Å². The van der Waals surface area contributed by atoms with Gasteiger partial charge < -0.3 is 24.1 Å². The summed E-state index contributed by atoms with van der Waals surface area (Å²) in [5.41, 5.74) is 2.93. The third-order valence-electron chi connectivity index (χ3n) is 8.40. The number of benzene rings is 3. The summed E-state index contributed by atoms with van der Waals surface area (Å²) in [6.07, 6.45) is 3.41. The van der Waals surface area contributed by atoms with Gasteiger partial charge in [0, 0.05) is 25.1 Å². The maximum atomic E-state index is 13.9. The highest BCUT2D eigenvalue weighted by Gasteiger charge is 2.32. The van der Waals surface area contributed by atoms with E-state index in [-0.39, 0.29) is 29.5 Å². The number of methoxy groups -OCH3 is 3. The largest absolute Gasteiger partial charge is 0.493 e. The average Bonchev–Trinajstić information content (AvgIpc) is 3.50. The van der Waals surface area contributed by atoms with E-state index in [1.807, 2.05) is 24.3 Å². The number of halogens is 1. The minimum absolute atomic E-state index is 0.00562. The van der Waals surface area contributed by atoms with E-state index in [9.17, 15) is 14.0 Å². The molecule has 1 N–H and O–H groups in total. The van der Waals surface area contributed by atoms with Crippen LogP contribution in [0.4, 0.5) is 4.39 Å². The summed E-state index contributed by atoms with van der Waals surface area (Å²) in [6, 6.07) is 17.0. The average molecular weight is 603 g/mol. The Morgan fingerprint density at radius 1 is 1.02 bits per heavy atom. The minimum Gasteiger partial charge on any atom is -0.493 e. The maximum absolute atomic E-state index is 13.9. The Kier molecular flexibility index (Phi) is 9.79. The highest BCUT2D eigenvalue weighted by molar-refractivity contribution is 5.99. The standard InChI is InChI=1S/C34H39FN4O5/c1-38(34(41)24-19-29(42-2)32(44-4)30(20-24)43-3)21-23(22-12-14-25(35)15-13-22)16-18-39-17-8-7-11-28(39)31(40)33-36-26-9-5-6-10-27(26)37-33/h5-6,9-10,12-15,19-20,23,28H,7-8,11,16-18,21H2,1-4H3,(H,36,37). The maximum Gasteiger partial charge on any atom is 0.253 e. The van der Waals surface area contributed by atoms with Crippen molar-refractivity contribution in [3.63, 3.8) is 0 Å². The minimum atomic E-state index is -0.318. The van der Waals surface area contributed by atoms with Gasteiger partial charge in [-0.3, -0.25) is 14.5 Å². The zero-order valence-corrected chi connectivity index (χ0v) is 25.6. The lowest BCUT2D eigenvalue weighted by molar-refractivity contribution is 0.0719. The predicted molar refractivity (Wildman–Crippen MR) is 166 cm³/mol. The molecular formula is C34H39FN4O5. The summed E-state index contributed by atoms with van der Waals surface area (Å²) in [7, 11) is 6.27. The van der Waals surface area contributed by atoms with Gasteiger partial charge in [0.1, 0.15) is 5.82 Å². The number of rotatable bonds is 12. The van der Waals surface area contributed by atoms with Crippen LogP contribution in [0.15, 0.2) is 60.7 Å². The highest BCUT2D eigenvalue weighted by atomic mass is 19.1. The fourth-order valence-electron chi connectivity index (χ4n) is 6.04. The second kappa shape index (κ2) is 13.9. The number of carbonyl (C=O) groups excluding carboxylic acids is 2. The number of fused-ring (bicyclic) bond motifs is 1. The summed E-state index contributed by atoms with van der Waals surface area (Å²) in [5.74, 6) is 0.937. The van der Waals surface area contributed by atoms with Gasteiger partial charge >= 0.3 is 0 Å². The van der Waals surface area contributed by atoms with Gasteiger partial charge in [-0.2, -0.15) is 0 Å². The zero-order valence-electron chi connectivity index (χ0n) is 25.6. The molecule has 4 aromatic rings. The van der Waals surface area contributed by atoms with E-state index in [0.29, 0.717) is 48.1 Å². The lowest BCUT2D eigenvalue weighted by Gasteiger charge is -2.35. The number of hydrogen-bond acceptors (Lipinski definition) is 7. The van der Waals surface area contributed by atoms with Gasteiger partial charge in [0.15, 0.2) is 17.3 Å². The number of H-pyrrole nitrogens is 1. The molecule has 2 atom stereocenters. The van der Waals surface area contributed by atoms with Crippen LogP contribution in [-0.4, -0.2) is 85.5 Å². The van der Waals surface area contributed by atoms with Crippen molar-refractivity contribution in [2.45, 2.75) is 37.6 Å². The van der Waals surface area contributed by atoms with Crippen molar-refractivity contribution in [2.75, 3.05) is 48.0 Å². The summed E-state index contributed by atoms with van der Waals surface area (Å²) in [5, 5.41) is 0. The molecule has 0 aliphatic carbocycles. The molecule has 2 unspecified atom stereocenters. The van der Waals surface area contributed by atoms with Gasteiger partial charge in [0.05, 0.1) is 38.4 Å². The Bertz CT molecular complexity index is 1550. The van der Waals surface area contributed by atoms with Crippen molar-refractivity contribution in [1.82, 2.24) is 19.8 Å². The summed E-state index contributed by atoms with van der Waals surface area (Å²) >= 11 is 0. The normalized spacial score (nSPS) is 16.0. The fraction of sp³-hybridized carbons (Fsp3) is 0.382. The number of hydrogen-bond donors (Lipinski definition) is 1. The molecular weight excluding hydrogens is 563 g/mol. The van der Waals surface area contributed by atoms with Gasteiger partial charge in [0.2, 0.25) is 11.5 Å². The summed E-state index contributed by atoms with van der Waals surface area (Å²) < 4.78 is 30.2. The van der Waals surface area contributed by atoms with Crippen molar-refractivity contribution in [1.29, 1.82) is 0 Å². The van der Waals surface area contributed by atoms with Crippen LogP contribution in [0.3, 0.4) is 0 Å². The Hall–Kier alpha value is -4.44. The van der Waals surface area contributed by atoms with E-state index in [2.05, 4.69) is 14.9 Å². The number of piperidine rings is 1. The lowest BCUT2D eigenvalue weighted by Crippen LogP contribution is -2.46. The van der Waals surface area contributed by atoms with Crippen LogP contribution >= 0.6 is 0 Å². The first-order valence-corrected chi connectivity index (χ1v) is 14.9. The van der Waals surface area contributed by atoms with Gasteiger partial charge in [-0.1, -0.05) is 30.7 Å². The van der Waals surface area contributed by atoms with Crippen molar-refractivity contribution in [3.8, 4) is 17.2 Å². The molecule has 0 bridgehead atoms. The third-order valence-corrected chi connectivity index (χ3v) is 8.40. The molecule has 1 saturated heterocycles. The number of carbonyl (C=O) groups is 2. The van der Waals surface area contributed by atoms with Gasteiger partial charge in [-0.15, -0.1) is 0 Å². The molecule has 9 nitrogen and oxygen atoms in total. The Balaban J connectivity index is 1.34. The molecule has 5 rings (SSSR count). The number of aromatic nitrogens is 2. The number of nitrogens with zero attached hydrogens (tertiary/aromatic N) is 3. The molecule has 0 radical (unpaired) electrons. The second-order valence-corrected chi connectivity index (χ2v) is 11.2. The number of aromatic amines is 1. The van der Waals surface area contributed by atoms with Crippen LogP contribution in [0.1, 0.15) is 58.1 Å². The van der Waals surface area contributed by atoms with Crippen molar-refractivity contribution < 1.29 is 28.2 Å². The number of para-hydroxylation sites is 2. The van der Waals surface area contributed by atoms with Crippen molar-refractivity contribution >= 4 is 22.7 Å². The van der Waals surface area contributed by atoms with E-state index in [1.165, 1.54) is 33.5 Å². The topological polar surface area (TPSA) is 97.0 Å². The van der Waals surface area contributed by atoms with E-state index >= 15 is 0 Å². The van der Waals surface area contributed by atoms with Crippen LogP contribution in [-0.2, 0) is 0 Å². The molecule has 10 heteroatoms. The van der Waals surface area contributed by atoms with Gasteiger partial charge in [0.25, 0.3) is 5.91 Å². The molecule has 1 aliphatic heterocycles.